The topological polar surface area (TPSA) is 38.8 Å². The van der Waals surface area contributed by atoms with Crippen LogP contribution in [-0.4, -0.2) is 38.1 Å². The van der Waals surface area contributed by atoms with Gasteiger partial charge in [0.1, 0.15) is 0 Å². The van der Waals surface area contributed by atoms with E-state index >= 15 is 0 Å². The molecule has 4 rings (SSSR count). The SMILES string of the molecule is COc1cc2c(c(Cl)c1OC)CCN(C(=O)c1cccs1)CC2c1ccccc1. The van der Waals surface area contributed by atoms with E-state index in [1.165, 1.54) is 11.3 Å². The van der Waals surface area contributed by atoms with E-state index in [0.29, 0.717) is 36.0 Å². The van der Waals surface area contributed by atoms with Crippen LogP contribution in [0.5, 0.6) is 11.5 Å². The molecule has 2 heterocycles. The Morgan fingerprint density at radius 3 is 2.59 bits per heavy atom. The lowest BCUT2D eigenvalue weighted by Gasteiger charge is -2.25. The molecule has 6 heteroatoms. The molecule has 0 saturated heterocycles. The second-order valence-corrected chi connectivity index (χ2v) is 8.26. The van der Waals surface area contributed by atoms with Crippen molar-refractivity contribution in [2.45, 2.75) is 12.3 Å². The average molecular weight is 428 g/mol. The second kappa shape index (κ2) is 8.47. The predicted molar refractivity (Wildman–Crippen MR) is 117 cm³/mol. The lowest BCUT2D eigenvalue weighted by Crippen LogP contribution is -2.34. The molecule has 3 aromatic rings. The standard InChI is InChI=1S/C23H22ClNO3S/c1-27-19-13-17-16(21(24)22(19)28-2)10-11-25(23(26)20-9-6-12-29-20)14-18(17)15-7-4-3-5-8-15/h3-9,12-13,18H,10-11,14H2,1-2H3. The highest BCUT2D eigenvalue weighted by Gasteiger charge is 2.31. The van der Waals surface area contributed by atoms with Gasteiger partial charge in [0.15, 0.2) is 11.5 Å². The number of fused-ring (bicyclic) bond motifs is 1. The minimum atomic E-state index is -0.00471. The van der Waals surface area contributed by atoms with Crippen LogP contribution in [0.3, 0.4) is 0 Å². The molecule has 1 atom stereocenters. The summed E-state index contributed by atoms with van der Waals surface area (Å²) < 4.78 is 11.1. The summed E-state index contributed by atoms with van der Waals surface area (Å²) >= 11 is 8.23. The molecule has 0 radical (unpaired) electrons. The van der Waals surface area contributed by atoms with Gasteiger partial charge in [-0.1, -0.05) is 48.0 Å². The van der Waals surface area contributed by atoms with Crippen LogP contribution in [0.4, 0.5) is 0 Å². The fraction of sp³-hybridized carbons (Fsp3) is 0.261. The zero-order valence-corrected chi connectivity index (χ0v) is 17.9. The van der Waals surface area contributed by atoms with Crippen LogP contribution >= 0.6 is 22.9 Å². The fourth-order valence-electron chi connectivity index (χ4n) is 3.94. The molecule has 2 aromatic carbocycles. The molecule has 1 aliphatic heterocycles. The van der Waals surface area contributed by atoms with E-state index in [-0.39, 0.29) is 11.8 Å². The summed E-state index contributed by atoms with van der Waals surface area (Å²) in [4.78, 5) is 15.8. The maximum Gasteiger partial charge on any atom is 0.263 e. The smallest absolute Gasteiger partial charge is 0.263 e. The summed E-state index contributed by atoms with van der Waals surface area (Å²) in [6.07, 6.45) is 0.662. The lowest BCUT2D eigenvalue weighted by atomic mass is 9.87. The van der Waals surface area contributed by atoms with Crippen molar-refractivity contribution in [1.82, 2.24) is 4.90 Å². The van der Waals surface area contributed by atoms with Gasteiger partial charge in [-0.2, -0.15) is 0 Å². The Kier molecular flexibility index (Phi) is 5.79. The molecule has 0 fully saturated rings. The van der Waals surface area contributed by atoms with Gasteiger partial charge in [-0.3, -0.25) is 4.79 Å². The van der Waals surface area contributed by atoms with Crippen LogP contribution in [0, 0.1) is 0 Å². The zero-order valence-electron chi connectivity index (χ0n) is 16.4. The first-order valence-corrected chi connectivity index (χ1v) is 10.7. The minimum Gasteiger partial charge on any atom is -0.493 e. The highest BCUT2D eigenvalue weighted by Crippen LogP contribution is 2.44. The number of hydrogen-bond acceptors (Lipinski definition) is 4. The van der Waals surface area contributed by atoms with E-state index in [1.807, 2.05) is 46.7 Å². The van der Waals surface area contributed by atoms with Gasteiger partial charge in [-0.15, -0.1) is 11.3 Å². The number of thiophene rings is 1. The van der Waals surface area contributed by atoms with Gasteiger partial charge in [0.05, 0.1) is 24.1 Å². The number of hydrogen-bond donors (Lipinski definition) is 0. The van der Waals surface area contributed by atoms with Crippen molar-refractivity contribution in [2.24, 2.45) is 0 Å². The first kappa shape index (κ1) is 19.8. The molecule has 1 amide bonds. The number of nitrogens with zero attached hydrogens (tertiary/aromatic N) is 1. The Hall–Kier alpha value is -2.50. The predicted octanol–water partition coefficient (Wildman–Crippen LogP) is 5.25. The Morgan fingerprint density at radius 2 is 1.93 bits per heavy atom. The number of halogens is 1. The van der Waals surface area contributed by atoms with Crippen molar-refractivity contribution in [3.8, 4) is 11.5 Å². The van der Waals surface area contributed by atoms with Crippen molar-refractivity contribution in [2.75, 3.05) is 27.3 Å². The molecule has 0 spiro atoms. The molecule has 150 valence electrons. The van der Waals surface area contributed by atoms with Crippen LogP contribution in [-0.2, 0) is 6.42 Å². The molecule has 1 aliphatic rings. The monoisotopic (exact) mass is 427 g/mol. The number of methoxy groups -OCH3 is 2. The van der Waals surface area contributed by atoms with E-state index in [1.54, 1.807) is 14.2 Å². The van der Waals surface area contributed by atoms with Crippen molar-refractivity contribution < 1.29 is 14.3 Å². The average Bonchev–Trinajstić information content (AvgIpc) is 3.22. The molecule has 1 aromatic heterocycles. The highest BCUT2D eigenvalue weighted by molar-refractivity contribution is 7.12. The summed E-state index contributed by atoms with van der Waals surface area (Å²) in [5, 5.41) is 2.49. The van der Waals surface area contributed by atoms with Crippen LogP contribution in [0.1, 0.15) is 32.3 Å². The number of amides is 1. The van der Waals surface area contributed by atoms with E-state index in [9.17, 15) is 4.79 Å². The van der Waals surface area contributed by atoms with Gasteiger partial charge in [0.2, 0.25) is 0 Å². The van der Waals surface area contributed by atoms with E-state index in [2.05, 4.69) is 12.1 Å². The maximum atomic E-state index is 13.1. The van der Waals surface area contributed by atoms with Crippen molar-refractivity contribution in [3.05, 3.63) is 80.5 Å². The second-order valence-electron chi connectivity index (χ2n) is 6.94. The molecule has 4 nitrogen and oxygen atoms in total. The van der Waals surface area contributed by atoms with Crippen molar-refractivity contribution in [3.63, 3.8) is 0 Å². The molecular formula is C23H22ClNO3S. The largest absolute Gasteiger partial charge is 0.493 e. The van der Waals surface area contributed by atoms with Crippen LogP contribution < -0.4 is 9.47 Å². The highest BCUT2D eigenvalue weighted by atomic mass is 35.5. The summed E-state index contributed by atoms with van der Waals surface area (Å²) in [5.41, 5.74) is 3.24. The van der Waals surface area contributed by atoms with Crippen molar-refractivity contribution in [1.29, 1.82) is 0 Å². The summed E-state index contributed by atoms with van der Waals surface area (Å²) in [7, 11) is 3.20. The van der Waals surface area contributed by atoms with Crippen molar-refractivity contribution >= 4 is 28.8 Å². The van der Waals surface area contributed by atoms with Gasteiger partial charge in [-0.25, -0.2) is 0 Å². The molecular weight excluding hydrogens is 406 g/mol. The van der Waals surface area contributed by atoms with E-state index in [4.69, 9.17) is 21.1 Å². The van der Waals surface area contributed by atoms with Gasteiger partial charge in [-0.05, 0) is 40.6 Å². The molecule has 0 saturated carbocycles. The Bertz CT molecular complexity index is 1000. The molecule has 0 N–H and O–H groups in total. The number of benzene rings is 2. The Balaban J connectivity index is 1.83. The zero-order chi connectivity index (χ0) is 20.4. The van der Waals surface area contributed by atoms with E-state index in [0.717, 1.165) is 21.6 Å². The fourth-order valence-corrected chi connectivity index (χ4v) is 5.00. The third-order valence-electron chi connectivity index (χ3n) is 5.38. The number of carbonyl (C=O) groups excluding carboxylic acids is 1. The minimum absolute atomic E-state index is 0.00471. The quantitative estimate of drug-likeness (QED) is 0.570. The lowest BCUT2D eigenvalue weighted by molar-refractivity contribution is 0.0761. The number of rotatable bonds is 4. The Morgan fingerprint density at radius 1 is 1.14 bits per heavy atom. The van der Waals surface area contributed by atoms with Crippen LogP contribution in [0.25, 0.3) is 0 Å². The van der Waals surface area contributed by atoms with Gasteiger partial charge < -0.3 is 14.4 Å². The molecule has 0 aliphatic carbocycles. The maximum absolute atomic E-state index is 13.1. The number of ether oxygens (including phenoxy) is 2. The third-order valence-corrected chi connectivity index (χ3v) is 6.64. The summed E-state index contributed by atoms with van der Waals surface area (Å²) in [6, 6.07) is 16.0. The normalized spacial score (nSPS) is 16.1. The first-order chi connectivity index (χ1) is 14.1. The van der Waals surface area contributed by atoms with Gasteiger partial charge >= 0.3 is 0 Å². The number of carbonyl (C=O) groups is 1. The molecule has 1 unspecified atom stereocenters. The van der Waals surface area contributed by atoms with Crippen LogP contribution in [0.15, 0.2) is 53.9 Å². The van der Waals surface area contributed by atoms with Crippen LogP contribution in [0.2, 0.25) is 5.02 Å². The molecule has 0 bridgehead atoms. The van der Waals surface area contributed by atoms with E-state index < -0.39 is 0 Å². The molecule has 29 heavy (non-hydrogen) atoms. The van der Waals surface area contributed by atoms with Gasteiger partial charge in [0.25, 0.3) is 5.91 Å². The summed E-state index contributed by atoms with van der Waals surface area (Å²) in [6.45, 7) is 1.18. The van der Waals surface area contributed by atoms with Gasteiger partial charge in [0, 0.05) is 19.0 Å². The summed E-state index contributed by atoms with van der Waals surface area (Å²) in [5.74, 6) is 1.20. The Labute approximate surface area is 179 Å². The third kappa shape index (κ3) is 3.72. The first-order valence-electron chi connectivity index (χ1n) is 9.45.